The summed E-state index contributed by atoms with van der Waals surface area (Å²) in [7, 11) is 6.88. The first kappa shape index (κ1) is 20.3. The van der Waals surface area contributed by atoms with Crippen molar-refractivity contribution in [3.8, 4) is 0 Å². The molecule has 0 bridgehead atoms. The summed E-state index contributed by atoms with van der Waals surface area (Å²) in [5.41, 5.74) is 9.79. The number of fused-ring (bicyclic) bond motifs is 4. The van der Waals surface area contributed by atoms with Crippen LogP contribution < -0.4 is 10.1 Å². The van der Waals surface area contributed by atoms with E-state index in [0.717, 1.165) is 0 Å². The largest absolute Gasteiger partial charge is 0.378 e. The number of rotatable bonds is 2. The van der Waals surface area contributed by atoms with E-state index in [9.17, 15) is 0 Å². The summed E-state index contributed by atoms with van der Waals surface area (Å²) < 4.78 is 2.26. The van der Waals surface area contributed by atoms with Crippen LogP contribution >= 0.6 is 0 Å². The van der Waals surface area contributed by atoms with Crippen LogP contribution in [-0.2, 0) is 0 Å². The number of hydrogen-bond acceptors (Lipinski definition) is 1. The molecule has 2 heterocycles. The van der Waals surface area contributed by atoms with Gasteiger partial charge in [0.2, 0.25) is 0 Å². The van der Waals surface area contributed by atoms with Crippen molar-refractivity contribution in [1.82, 2.24) is 0 Å². The first-order valence-corrected chi connectivity index (χ1v) is 13.9. The third-order valence-corrected chi connectivity index (χ3v) is 12.8. The minimum atomic E-state index is -1.78. The smallest absolute Gasteiger partial charge is 0.199 e. The fourth-order valence-electron chi connectivity index (χ4n) is 5.80. The Bertz CT molecular complexity index is 1180. The first-order chi connectivity index (χ1) is 14.9. The quantitative estimate of drug-likeness (QED) is 0.481. The van der Waals surface area contributed by atoms with Crippen molar-refractivity contribution in [1.29, 1.82) is 0 Å². The van der Waals surface area contributed by atoms with Crippen LogP contribution in [0.4, 0.5) is 5.69 Å². The molecule has 3 aliphatic rings. The summed E-state index contributed by atoms with van der Waals surface area (Å²) in [6.45, 7) is 2.25. The Morgan fingerprint density at radius 2 is 1.65 bits per heavy atom. The number of allylic oxidation sites excluding steroid dienone is 5. The molecule has 2 nitrogen and oxygen atoms in total. The van der Waals surface area contributed by atoms with E-state index in [1.165, 1.54) is 64.2 Å². The van der Waals surface area contributed by atoms with E-state index in [1.54, 1.807) is 10.4 Å². The zero-order valence-electron chi connectivity index (χ0n) is 19.5. The van der Waals surface area contributed by atoms with E-state index in [4.69, 9.17) is 0 Å². The SMILES string of the molecule is Cc1ccccc1C1=C2C=CC(=[N+](C)C)C=C2[Si]2(CCCC2)c2cc(N(C)C)ccc21. The molecule has 2 aromatic carbocycles. The highest BCUT2D eigenvalue weighted by molar-refractivity contribution is 7.00. The maximum absolute atomic E-state index is 2.54. The molecule has 1 spiro atoms. The van der Waals surface area contributed by atoms with Crippen LogP contribution in [0.2, 0.25) is 12.1 Å². The Morgan fingerprint density at radius 1 is 0.903 bits per heavy atom. The number of benzene rings is 2. The Hall–Kier alpha value is -2.65. The molecule has 31 heavy (non-hydrogen) atoms. The van der Waals surface area contributed by atoms with Gasteiger partial charge in [-0.2, -0.15) is 0 Å². The van der Waals surface area contributed by atoms with Gasteiger partial charge in [0, 0.05) is 31.9 Å². The standard InChI is InChI=1S/C28H33N2Si/c1-20-10-6-7-11-23(20)28-24-14-12-21(29(2)3)18-26(24)31(16-8-9-17-31)27-19-22(30(4)5)13-15-25(27)28/h6-7,10-15,18-19H,8-9,16-17H2,1-5H3/q+1. The predicted octanol–water partition coefficient (Wildman–Crippen LogP) is 5.07. The molecule has 0 atom stereocenters. The minimum Gasteiger partial charge on any atom is -0.378 e. The lowest BCUT2D eigenvalue weighted by Crippen LogP contribution is -2.52. The zero-order valence-corrected chi connectivity index (χ0v) is 20.5. The highest BCUT2D eigenvalue weighted by Crippen LogP contribution is 2.48. The molecule has 0 N–H and O–H groups in total. The molecule has 2 aromatic rings. The van der Waals surface area contributed by atoms with Crippen molar-refractivity contribution in [2.24, 2.45) is 0 Å². The number of hydrogen-bond donors (Lipinski definition) is 0. The summed E-state index contributed by atoms with van der Waals surface area (Å²) in [4.78, 5) is 2.26. The highest BCUT2D eigenvalue weighted by atomic mass is 28.3. The van der Waals surface area contributed by atoms with Crippen molar-refractivity contribution < 1.29 is 4.58 Å². The van der Waals surface area contributed by atoms with Gasteiger partial charge in [-0.05, 0) is 75.4 Å². The first-order valence-electron chi connectivity index (χ1n) is 11.5. The predicted molar refractivity (Wildman–Crippen MR) is 137 cm³/mol. The summed E-state index contributed by atoms with van der Waals surface area (Å²) in [6.07, 6.45) is 10.00. The molecule has 5 rings (SSSR count). The van der Waals surface area contributed by atoms with Gasteiger partial charge >= 0.3 is 0 Å². The molecule has 158 valence electrons. The van der Waals surface area contributed by atoms with Crippen molar-refractivity contribution in [2.75, 3.05) is 33.1 Å². The van der Waals surface area contributed by atoms with E-state index < -0.39 is 8.07 Å². The summed E-state index contributed by atoms with van der Waals surface area (Å²) >= 11 is 0. The van der Waals surface area contributed by atoms with E-state index >= 15 is 0 Å². The average molecular weight is 426 g/mol. The maximum Gasteiger partial charge on any atom is 0.199 e. The highest BCUT2D eigenvalue weighted by Gasteiger charge is 2.48. The molecule has 1 aliphatic carbocycles. The molecule has 2 aliphatic heterocycles. The number of aryl methyl sites for hydroxylation is 1. The van der Waals surface area contributed by atoms with E-state index in [-0.39, 0.29) is 0 Å². The summed E-state index contributed by atoms with van der Waals surface area (Å²) in [5.74, 6) is 0. The molecule has 0 unspecified atom stereocenters. The lowest BCUT2D eigenvalue weighted by molar-refractivity contribution is -0.462. The lowest BCUT2D eigenvalue weighted by Gasteiger charge is -2.40. The topological polar surface area (TPSA) is 6.25 Å². The van der Waals surface area contributed by atoms with Gasteiger partial charge in [0.1, 0.15) is 22.2 Å². The van der Waals surface area contributed by atoms with Crippen molar-refractivity contribution in [2.45, 2.75) is 31.9 Å². The van der Waals surface area contributed by atoms with Crippen molar-refractivity contribution in [3.63, 3.8) is 0 Å². The van der Waals surface area contributed by atoms with Crippen LogP contribution in [0.5, 0.6) is 0 Å². The Morgan fingerprint density at radius 3 is 2.32 bits per heavy atom. The minimum absolute atomic E-state index is 1.33. The zero-order chi connectivity index (χ0) is 21.8. The Kier molecular flexibility index (Phi) is 4.89. The van der Waals surface area contributed by atoms with Crippen molar-refractivity contribution >= 4 is 30.2 Å². The van der Waals surface area contributed by atoms with Gasteiger partial charge in [0.25, 0.3) is 0 Å². The summed E-state index contributed by atoms with van der Waals surface area (Å²) in [5, 5.41) is 3.33. The Balaban J connectivity index is 1.89. The fraction of sp³-hybridized carbons (Fsp3) is 0.321. The molecular weight excluding hydrogens is 392 g/mol. The number of nitrogens with zero attached hydrogens (tertiary/aromatic N) is 2. The fourth-order valence-corrected chi connectivity index (χ4v) is 11.4. The average Bonchev–Trinajstić information content (AvgIpc) is 3.25. The molecular formula is C28H33N2Si+. The summed E-state index contributed by atoms with van der Waals surface area (Å²) in [6, 6.07) is 18.9. The van der Waals surface area contributed by atoms with Crippen LogP contribution in [0.3, 0.4) is 0 Å². The van der Waals surface area contributed by atoms with Crippen LogP contribution in [0.25, 0.3) is 5.57 Å². The van der Waals surface area contributed by atoms with Crippen LogP contribution in [0.1, 0.15) is 29.5 Å². The molecule has 3 heteroatoms. The molecule has 1 saturated heterocycles. The molecule has 0 aromatic heterocycles. The van der Waals surface area contributed by atoms with Gasteiger partial charge in [-0.1, -0.05) is 43.2 Å². The van der Waals surface area contributed by atoms with Crippen LogP contribution in [-0.4, -0.2) is 46.6 Å². The van der Waals surface area contributed by atoms with Gasteiger partial charge in [-0.15, -0.1) is 0 Å². The Labute approximate surface area is 187 Å². The lowest BCUT2D eigenvalue weighted by atomic mass is 9.87. The molecule has 0 saturated carbocycles. The third kappa shape index (κ3) is 3.09. The van der Waals surface area contributed by atoms with E-state index in [0.29, 0.717) is 0 Å². The molecule has 0 amide bonds. The van der Waals surface area contributed by atoms with E-state index in [1.807, 2.05) is 0 Å². The van der Waals surface area contributed by atoms with Gasteiger partial charge < -0.3 is 4.90 Å². The molecule has 0 radical (unpaired) electrons. The van der Waals surface area contributed by atoms with Crippen LogP contribution in [0, 0.1) is 6.92 Å². The van der Waals surface area contributed by atoms with Gasteiger partial charge in [-0.25, -0.2) is 4.58 Å². The normalized spacial score (nSPS) is 18.7. The van der Waals surface area contributed by atoms with E-state index in [2.05, 4.69) is 105 Å². The van der Waals surface area contributed by atoms with Crippen molar-refractivity contribution in [3.05, 3.63) is 88.2 Å². The number of anilines is 1. The third-order valence-electron chi connectivity index (χ3n) is 7.48. The van der Waals surface area contributed by atoms with Gasteiger partial charge in [0.05, 0.1) is 0 Å². The second-order valence-corrected chi connectivity index (χ2v) is 14.0. The monoisotopic (exact) mass is 425 g/mol. The second-order valence-electron chi connectivity index (χ2n) is 9.73. The van der Waals surface area contributed by atoms with Gasteiger partial charge in [-0.3, -0.25) is 0 Å². The second kappa shape index (κ2) is 7.49. The molecule has 1 fully saturated rings. The van der Waals surface area contributed by atoms with Crippen LogP contribution in [0.15, 0.2) is 71.5 Å². The van der Waals surface area contributed by atoms with Gasteiger partial charge in [0.15, 0.2) is 5.71 Å². The maximum atomic E-state index is 2.54.